The SMILES string of the molecule is CNc1ccc(-c2csnc2-c2cc(OC)cc(OC)c2OC)cc1. The minimum atomic E-state index is 0.612. The van der Waals surface area contributed by atoms with Crippen LogP contribution >= 0.6 is 11.5 Å². The van der Waals surface area contributed by atoms with Gasteiger partial charge in [0.25, 0.3) is 0 Å². The number of nitrogens with one attached hydrogen (secondary N) is 1. The lowest BCUT2D eigenvalue weighted by molar-refractivity contribution is 0.350. The fourth-order valence-electron chi connectivity index (χ4n) is 2.69. The maximum absolute atomic E-state index is 5.59. The van der Waals surface area contributed by atoms with E-state index in [-0.39, 0.29) is 0 Å². The van der Waals surface area contributed by atoms with Crippen molar-refractivity contribution in [3.8, 4) is 39.6 Å². The fraction of sp³-hybridized carbons (Fsp3) is 0.211. The van der Waals surface area contributed by atoms with E-state index in [0.717, 1.165) is 28.1 Å². The van der Waals surface area contributed by atoms with Crippen LogP contribution < -0.4 is 19.5 Å². The van der Waals surface area contributed by atoms with Gasteiger partial charge in [-0.25, -0.2) is 0 Å². The molecule has 0 unspecified atom stereocenters. The van der Waals surface area contributed by atoms with Crippen LogP contribution in [0.15, 0.2) is 41.8 Å². The molecule has 0 aliphatic rings. The topological polar surface area (TPSA) is 52.6 Å². The zero-order chi connectivity index (χ0) is 17.8. The fourth-order valence-corrected chi connectivity index (χ4v) is 3.39. The molecule has 0 saturated carbocycles. The maximum Gasteiger partial charge on any atom is 0.170 e. The Kier molecular flexibility index (Phi) is 5.09. The first-order valence-corrected chi connectivity index (χ1v) is 8.58. The summed E-state index contributed by atoms with van der Waals surface area (Å²) in [6.07, 6.45) is 0. The molecule has 2 aromatic carbocycles. The van der Waals surface area contributed by atoms with Crippen LogP contribution in [0, 0.1) is 0 Å². The Bertz CT molecular complexity index is 860. The van der Waals surface area contributed by atoms with E-state index in [1.807, 2.05) is 30.6 Å². The molecule has 6 heteroatoms. The molecule has 1 N–H and O–H groups in total. The van der Waals surface area contributed by atoms with Crippen LogP contribution in [-0.2, 0) is 0 Å². The molecule has 3 rings (SSSR count). The van der Waals surface area contributed by atoms with Crippen molar-refractivity contribution in [1.29, 1.82) is 0 Å². The first-order chi connectivity index (χ1) is 12.2. The second kappa shape index (κ2) is 7.44. The van der Waals surface area contributed by atoms with E-state index in [2.05, 4.69) is 21.8 Å². The van der Waals surface area contributed by atoms with E-state index in [0.29, 0.717) is 17.2 Å². The number of aromatic nitrogens is 1. The van der Waals surface area contributed by atoms with Crippen molar-refractivity contribution in [2.75, 3.05) is 33.7 Å². The lowest BCUT2D eigenvalue weighted by atomic mass is 10.0. The molecule has 5 nitrogen and oxygen atoms in total. The van der Waals surface area contributed by atoms with Gasteiger partial charge in [-0.15, -0.1) is 0 Å². The predicted octanol–water partition coefficient (Wildman–Crippen LogP) is 4.54. The number of methoxy groups -OCH3 is 3. The summed E-state index contributed by atoms with van der Waals surface area (Å²) in [6.45, 7) is 0. The molecule has 0 aliphatic heterocycles. The third-order valence-corrected chi connectivity index (χ3v) is 4.63. The van der Waals surface area contributed by atoms with Gasteiger partial charge in [-0.3, -0.25) is 0 Å². The van der Waals surface area contributed by atoms with Gasteiger partial charge in [0.15, 0.2) is 11.5 Å². The first kappa shape index (κ1) is 17.1. The Morgan fingerprint density at radius 2 is 1.68 bits per heavy atom. The van der Waals surface area contributed by atoms with E-state index in [9.17, 15) is 0 Å². The van der Waals surface area contributed by atoms with Gasteiger partial charge in [-0.05, 0) is 35.3 Å². The van der Waals surface area contributed by atoms with Crippen LogP contribution in [0.2, 0.25) is 0 Å². The van der Waals surface area contributed by atoms with Gasteiger partial charge < -0.3 is 19.5 Å². The highest BCUT2D eigenvalue weighted by atomic mass is 32.1. The average Bonchev–Trinajstić information content (AvgIpc) is 3.16. The number of hydrogen-bond acceptors (Lipinski definition) is 6. The predicted molar refractivity (Wildman–Crippen MR) is 102 cm³/mol. The summed E-state index contributed by atoms with van der Waals surface area (Å²) < 4.78 is 21.1. The Morgan fingerprint density at radius 3 is 2.28 bits per heavy atom. The van der Waals surface area contributed by atoms with Crippen molar-refractivity contribution in [2.24, 2.45) is 0 Å². The molecule has 0 spiro atoms. The smallest absolute Gasteiger partial charge is 0.170 e. The molecule has 3 aromatic rings. The van der Waals surface area contributed by atoms with Crippen LogP contribution in [-0.4, -0.2) is 32.8 Å². The lowest BCUT2D eigenvalue weighted by Gasteiger charge is -2.14. The molecule has 0 amide bonds. The lowest BCUT2D eigenvalue weighted by Crippen LogP contribution is -1.96. The highest BCUT2D eigenvalue weighted by molar-refractivity contribution is 7.04. The zero-order valence-electron chi connectivity index (χ0n) is 14.6. The monoisotopic (exact) mass is 356 g/mol. The summed E-state index contributed by atoms with van der Waals surface area (Å²) in [7, 11) is 6.77. The molecular formula is C19H20N2O3S. The van der Waals surface area contributed by atoms with E-state index in [1.54, 1.807) is 27.4 Å². The van der Waals surface area contributed by atoms with Gasteiger partial charge in [0, 0.05) is 29.7 Å². The zero-order valence-corrected chi connectivity index (χ0v) is 15.4. The van der Waals surface area contributed by atoms with E-state index < -0.39 is 0 Å². The molecule has 0 atom stereocenters. The maximum atomic E-state index is 5.59. The molecule has 25 heavy (non-hydrogen) atoms. The Hall–Kier alpha value is -2.73. The van der Waals surface area contributed by atoms with E-state index >= 15 is 0 Å². The first-order valence-electron chi connectivity index (χ1n) is 7.74. The van der Waals surface area contributed by atoms with E-state index in [1.165, 1.54) is 11.5 Å². The van der Waals surface area contributed by atoms with Crippen molar-refractivity contribution in [2.45, 2.75) is 0 Å². The standard InChI is InChI=1S/C19H20N2O3S/c1-20-13-7-5-12(6-8-13)16-11-25-21-18(16)15-9-14(22-2)10-17(23-3)19(15)24-4/h5-11,20H,1-4H3. The number of ether oxygens (including phenoxy) is 3. The van der Waals surface area contributed by atoms with Crippen LogP contribution in [0.3, 0.4) is 0 Å². The molecule has 0 radical (unpaired) electrons. The van der Waals surface area contributed by atoms with Gasteiger partial charge in [-0.2, -0.15) is 4.37 Å². The van der Waals surface area contributed by atoms with Gasteiger partial charge >= 0.3 is 0 Å². The number of rotatable bonds is 6. The normalized spacial score (nSPS) is 10.4. The summed E-state index contributed by atoms with van der Waals surface area (Å²) in [5.41, 5.74) is 4.88. The third kappa shape index (κ3) is 3.25. The quantitative estimate of drug-likeness (QED) is 0.702. The van der Waals surface area contributed by atoms with Crippen molar-refractivity contribution in [3.05, 3.63) is 41.8 Å². The second-order valence-corrected chi connectivity index (χ2v) is 5.94. The second-order valence-electron chi connectivity index (χ2n) is 5.31. The average molecular weight is 356 g/mol. The minimum absolute atomic E-state index is 0.612. The summed E-state index contributed by atoms with van der Waals surface area (Å²) in [5.74, 6) is 1.95. The molecule has 0 fully saturated rings. The minimum Gasteiger partial charge on any atom is -0.497 e. The molecular weight excluding hydrogens is 336 g/mol. The Balaban J connectivity index is 2.16. The Morgan fingerprint density at radius 1 is 0.920 bits per heavy atom. The highest BCUT2D eigenvalue weighted by Crippen LogP contribution is 2.44. The number of anilines is 1. The highest BCUT2D eigenvalue weighted by Gasteiger charge is 2.20. The molecule has 130 valence electrons. The number of hydrogen-bond donors (Lipinski definition) is 1. The summed E-state index contributed by atoms with van der Waals surface area (Å²) >= 11 is 1.41. The van der Waals surface area contributed by atoms with Crippen LogP contribution in [0.4, 0.5) is 5.69 Å². The number of nitrogens with zero attached hydrogens (tertiary/aromatic N) is 1. The molecule has 0 aliphatic carbocycles. The van der Waals surface area contributed by atoms with Gasteiger partial charge in [0.05, 0.1) is 32.6 Å². The summed E-state index contributed by atoms with van der Waals surface area (Å²) in [4.78, 5) is 0. The number of benzene rings is 2. The van der Waals surface area contributed by atoms with Gasteiger partial charge in [0.2, 0.25) is 0 Å². The molecule has 1 aromatic heterocycles. The molecule has 0 saturated heterocycles. The van der Waals surface area contributed by atoms with Crippen LogP contribution in [0.5, 0.6) is 17.2 Å². The van der Waals surface area contributed by atoms with Crippen molar-refractivity contribution >= 4 is 17.2 Å². The van der Waals surface area contributed by atoms with Crippen LogP contribution in [0.1, 0.15) is 0 Å². The molecule has 1 heterocycles. The van der Waals surface area contributed by atoms with Gasteiger partial charge in [0.1, 0.15) is 5.75 Å². The van der Waals surface area contributed by atoms with Crippen molar-refractivity contribution in [3.63, 3.8) is 0 Å². The summed E-state index contributed by atoms with van der Waals surface area (Å²) in [5, 5.41) is 5.16. The summed E-state index contributed by atoms with van der Waals surface area (Å²) in [6, 6.07) is 11.9. The molecule has 0 bridgehead atoms. The Labute approximate surface area is 151 Å². The van der Waals surface area contributed by atoms with Crippen molar-refractivity contribution < 1.29 is 14.2 Å². The third-order valence-electron chi connectivity index (χ3n) is 4.00. The van der Waals surface area contributed by atoms with Crippen LogP contribution in [0.25, 0.3) is 22.4 Å². The largest absolute Gasteiger partial charge is 0.497 e. The van der Waals surface area contributed by atoms with Gasteiger partial charge in [-0.1, -0.05) is 12.1 Å². The van der Waals surface area contributed by atoms with E-state index in [4.69, 9.17) is 14.2 Å². The van der Waals surface area contributed by atoms with Crippen molar-refractivity contribution in [1.82, 2.24) is 4.37 Å².